The van der Waals surface area contributed by atoms with E-state index in [0.29, 0.717) is 5.69 Å². The number of fused-ring (bicyclic) bond motifs is 5. The lowest BCUT2D eigenvalue weighted by Crippen LogP contribution is -2.25. The molecule has 2 aromatic rings. The van der Waals surface area contributed by atoms with Gasteiger partial charge in [-0.1, -0.05) is 18.2 Å². The number of allylic oxidation sites excluding steroid dienone is 2. The molecular weight excluding hydrogens is 297 g/mol. The first kappa shape index (κ1) is 13.2. The summed E-state index contributed by atoms with van der Waals surface area (Å²) >= 11 is 0. The van der Waals surface area contributed by atoms with Crippen molar-refractivity contribution >= 4 is 0 Å². The van der Waals surface area contributed by atoms with E-state index in [1.807, 2.05) is 12.2 Å². The van der Waals surface area contributed by atoms with Crippen molar-refractivity contribution in [2.24, 2.45) is 0 Å². The predicted molar refractivity (Wildman–Crippen MR) is 72.2 cm³/mol. The van der Waals surface area contributed by atoms with Crippen molar-refractivity contribution in [1.82, 2.24) is 9.13 Å². The Morgan fingerprint density at radius 2 is 2.00 bits per heavy atom. The maximum Gasteiger partial charge on any atom is 0.416 e. The summed E-state index contributed by atoms with van der Waals surface area (Å²) in [4.78, 5) is 12.5. The van der Waals surface area contributed by atoms with Crippen molar-refractivity contribution < 1.29 is 18.3 Å². The third-order valence-electron chi connectivity index (χ3n) is 4.27. The molecule has 2 bridgehead atoms. The second-order valence-corrected chi connectivity index (χ2v) is 5.54. The van der Waals surface area contributed by atoms with E-state index in [0.717, 1.165) is 23.1 Å². The molecule has 114 valence electrons. The van der Waals surface area contributed by atoms with Crippen LogP contribution in [0.1, 0.15) is 29.6 Å². The minimum atomic E-state index is -4.50. The van der Waals surface area contributed by atoms with Crippen LogP contribution < -0.4 is 5.69 Å². The fraction of sp³-hybridized carbons (Fsp3) is 0.267. The number of imidazole rings is 1. The zero-order valence-corrected chi connectivity index (χ0v) is 11.2. The lowest BCUT2D eigenvalue weighted by Gasteiger charge is -2.10. The molecule has 1 aromatic carbocycles. The van der Waals surface area contributed by atoms with Gasteiger partial charge >= 0.3 is 11.9 Å². The van der Waals surface area contributed by atoms with Crippen LogP contribution in [0, 0.1) is 0 Å². The van der Waals surface area contributed by atoms with Crippen molar-refractivity contribution in [2.75, 3.05) is 0 Å². The molecule has 1 aromatic heterocycles. The number of aromatic hydroxyl groups is 1. The summed E-state index contributed by atoms with van der Waals surface area (Å²) in [6.07, 6.45) is 0.0183. The fourth-order valence-corrected chi connectivity index (χ4v) is 3.32. The van der Waals surface area contributed by atoms with Crippen molar-refractivity contribution in [3.8, 4) is 11.6 Å². The molecule has 0 fully saturated rings. The number of alkyl halides is 3. The number of benzene rings is 1. The van der Waals surface area contributed by atoms with Crippen LogP contribution in [0.2, 0.25) is 0 Å². The molecular formula is C15H11F3N2O2. The molecule has 0 saturated heterocycles. The summed E-state index contributed by atoms with van der Waals surface area (Å²) in [7, 11) is 0. The van der Waals surface area contributed by atoms with E-state index in [1.165, 1.54) is 16.7 Å². The van der Waals surface area contributed by atoms with Gasteiger partial charge in [-0.25, -0.2) is 9.36 Å². The van der Waals surface area contributed by atoms with Crippen LogP contribution in [0.4, 0.5) is 13.2 Å². The van der Waals surface area contributed by atoms with Gasteiger partial charge in [0.05, 0.1) is 23.0 Å². The molecule has 4 nitrogen and oxygen atoms in total. The molecule has 2 heterocycles. The second-order valence-electron chi connectivity index (χ2n) is 5.54. The Morgan fingerprint density at radius 3 is 2.68 bits per heavy atom. The smallest absolute Gasteiger partial charge is 0.416 e. The Kier molecular flexibility index (Phi) is 2.44. The summed E-state index contributed by atoms with van der Waals surface area (Å²) in [5, 5.41) is 10.3. The molecule has 1 aliphatic carbocycles. The lowest BCUT2D eigenvalue weighted by atomic mass is 10.1. The van der Waals surface area contributed by atoms with Gasteiger partial charge in [0.15, 0.2) is 0 Å². The van der Waals surface area contributed by atoms with Crippen LogP contribution in [-0.4, -0.2) is 14.2 Å². The minimum Gasteiger partial charge on any atom is -0.493 e. The third kappa shape index (κ3) is 1.62. The normalized spacial score (nSPS) is 22.3. The standard InChI is InChI=1S/C15H11F3N2O2/c16-15(17,18)9-2-1-3-10(7-9)20-13(21)12-8-4-5-11(6-8)19(12)14(20)22/h1-5,7-8,11,21H,6H2. The van der Waals surface area contributed by atoms with E-state index >= 15 is 0 Å². The minimum absolute atomic E-state index is 0.0126. The van der Waals surface area contributed by atoms with E-state index in [9.17, 15) is 23.1 Å². The molecule has 4 rings (SSSR count). The maximum atomic E-state index is 12.8. The molecule has 7 heteroatoms. The molecule has 0 spiro atoms. The first-order valence-electron chi connectivity index (χ1n) is 6.80. The molecule has 2 aliphatic rings. The molecule has 22 heavy (non-hydrogen) atoms. The van der Waals surface area contributed by atoms with Gasteiger partial charge in [-0.3, -0.25) is 4.57 Å². The van der Waals surface area contributed by atoms with Crippen LogP contribution >= 0.6 is 0 Å². The lowest BCUT2D eigenvalue weighted by molar-refractivity contribution is -0.137. The first-order chi connectivity index (χ1) is 10.4. The zero-order valence-electron chi connectivity index (χ0n) is 11.2. The van der Waals surface area contributed by atoms with E-state index in [4.69, 9.17) is 0 Å². The summed E-state index contributed by atoms with van der Waals surface area (Å²) in [5.41, 5.74) is -0.874. The summed E-state index contributed by atoms with van der Waals surface area (Å²) in [5.74, 6) is -0.328. The Hall–Kier alpha value is -2.44. The molecule has 0 amide bonds. The van der Waals surface area contributed by atoms with Gasteiger partial charge in [0.25, 0.3) is 0 Å². The highest BCUT2D eigenvalue weighted by Gasteiger charge is 2.39. The second kappa shape index (κ2) is 4.06. The number of nitrogens with zero attached hydrogens (tertiary/aromatic N) is 2. The molecule has 2 unspecified atom stereocenters. The fourth-order valence-electron chi connectivity index (χ4n) is 3.32. The Labute approximate surface area is 122 Å². The van der Waals surface area contributed by atoms with Gasteiger partial charge in [-0.05, 0) is 24.6 Å². The van der Waals surface area contributed by atoms with Crippen molar-refractivity contribution in [3.05, 3.63) is 58.2 Å². The Bertz CT molecular complexity index is 861. The largest absolute Gasteiger partial charge is 0.493 e. The molecule has 1 aliphatic heterocycles. The van der Waals surface area contributed by atoms with Crippen molar-refractivity contribution in [2.45, 2.75) is 24.6 Å². The van der Waals surface area contributed by atoms with Crippen LogP contribution in [-0.2, 0) is 6.18 Å². The van der Waals surface area contributed by atoms with Crippen LogP contribution in [0.5, 0.6) is 5.88 Å². The molecule has 0 saturated carbocycles. The van der Waals surface area contributed by atoms with Gasteiger partial charge in [0, 0.05) is 5.92 Å². The SMILES string of the molecule is O=c1n(-c2cccc(C(F)(F)F)c2)c(O)c2n1C1C=CC2C1. The highest BCUT2D eigenvalue weighted by molar-refractivity contribution is 5.45. The number of hydrogen-bond acceptors (Lipinski definition) is 2. The average molecular weight is 308 g/mol. The monoisotopic (exact) mass is 308 g/mol. The number of rotatable bonds is 1. The van der Waals surface area contributed by atoms with Crippen LogP contribution in [0.25, 0.3) is 5.69 Å². The number of aromatic nitrogens is 2. The van der Waals surface area contributed by atoms with Gasteiger partial charge in [-0.2, -0.15) is 13.2 Å². The van der Waals surface area contributed by atoms with Gasteiger partial charge in [0.1, 0.15) is 0 Å². The first-order valence-corrected chi connectivity index (χ1v) is 6.80. The van der Waals surface area contributed by atoms with Crippen molar-refractivity contribution in [3.63, 3.8) is 0 Å². The maximum absolute atomic E-state index is 12.8. The van der Waals surface area contributed by atoms with E-state index in [1.54, 1.807) is 0 Å². The molecule has 1 N–H and O–H groups in total. The molecule has 0 radical (unpaired) electrons. The zero-order chi connectivity index (χ0) is 15.6. The number of hydrogen-bond donors (Lipinski definition) is 1. The summed E-state index contributed by atoms with van der Waals surface area (Å²) in [6.45, 7) is 0. The average Bonchev–Trinajstić information content (AvgIpc) is 3.12. The van der Waals surface area contributed by atoms with E-state index < -0.39 is 17.4 Å². The van der Waals surface area contributed by atoms with Gasteiger partial charge in [-0.15, -0.1) is 0 Å². The quantitative estimate of drug-likeness (QED) is 0.823. The predicted octanol–water partition coefficient (Wildman–Crippen LogP) is 2.96. The Morgan fingerprint density at radius 1 is 1.23 bits per heavy atom. The highest BCUT2D eigenvalue weighted by Crippen LogP contribution is 2.46. The van der Waals surface area contributed by atoms with Gasteiger partial charge in [0.2, 0.25) is 5.88 Å². The number of halogens is 3. The summed E-state index contributed by atoms with van der Waals surface area (Å²) in [6, 6.07) is 4.28. The molecule has 2 atom stereocenters. The van der Waals surface area contributed by atoms with Crippen LogP contribution in [0.15, 0.2) is 41.2 Å². The third-order valence-corrected chi connectivity index (χ3v) is 4.27. The van der Waals surface area contributed by atoms with Gasteiger partial charge < -0.3 is 5.11 Å². The Balaban J connectivity index is 1.91. The van der Waals surface area contributed by atoms with E-state index in [2.05, 4.69) is 0 Å². The van der Waals surface area contributed by atoms with Crippen LogP contribution in [0.3, 0.4) is 0 Å². The summed E-state index contributed by atoms with van der Waals surface area (Å²) < 4.78 is 40.8. The van der Waals surface area contributed by atoms with Crippen molar-refractivity contribution in [1.29, 1.82) is 0 Å². The van der Waals surface area contributed by atoms with E-state index in [-0.39, 0.29) is 23.5 Å². The topological polar surface area (TPSA) is 47.2 Å². The highest BCUT2D eigenvalue weighted by atomic mass is 19.4.